The molecule has 45 heavy (non-hydrogen) atoms. The number of rotatable bonds is 8. The first-order chi connectivity index (χ1) is 21.2. The minimum atomic E-state index is -4.63. The number of benzene rings is 1. The molecular weight excluding hydrogens is 600 g/mol. The molecule has 1 amide bonds. The highest BCUT2D eigenvalue weighted by Crippen LogP contribution is 2.40. The van der Waals surface area contributed by atoms with Crippen LogP contribution in [0.5, 0.6) is 5.75 Å². The maximum absolute atomic E-state index is 14.6. The molecule has 11 nitrogen and oxygen atoms in total. The van der Waals surface area contributed by atoms with Gasteiger partial charge in [-0.05, 0) is 51.0 Å². The van der Waals surface area contributed by atoms with Crippen LogP contribution in [0.25, 0.3) is 28.1 Å². The van der Waals surface area contributed by atoms with Gasteiger partial charge in [0.2, 0.25) is 0 Å². The van der Waals surface area contributed by atoms with Crippen molar-refractivity contribution in [1.82, 2.24) is 29.8 Å². The number of aromatic nitrogens is 4. The molecule has 0 radical (unpaired) electrons. The number of amides is 1. The Kier molecular flexibility index (Phi) is 8.83. The first kappa shape index (κ1) is 31.9. The van der Waals surface area contributed by atoms with Crippen LogP contribution < -0.4 is 10.1 Å². The van der Waals surface area contributed by atoms with Crippen molar-refractivity contribution in [3.63, 3.8) is 0 Å². The lowest BCUT2D eigenvalue weighted by atomic mass is 10.1. The van der Waals surface area contributed by atoms with Gasteiger partial charge in [0.1, 0.15) is 30.6 Å². The number of ether oxygens (including phenoxy) is 3. The Hall–Kier alpha value is -4.53. The second-order valence-electron chi connectivity index (χ2n) is 11.6. The van der Waals surface area contributed by atoms with Crippen molar-refractivity contribution in [2.75, 3.05) is 26.3 Å². The molecule has 1 N–H and O–H groups in total. The van der Waals surface area contributed by atoms with E-state index in [2.05, 4.69) is 20.5 Å². The number of pyridine rings is 2. The summed E-state index contributed by atoms with van der Waals surface area (Å²) in [4.78, 5) is 29.0. The van der Waals surface area contributed by atoms with Gasteiger partial charge in [0.25, 0.3) is 0 Å². The van der Waals surface area contributed by atoms with Gasteiger partial charge in [-0.1, -0.05) is 12.1 Å². The molecule has 1 unspecified atom stereocenters. The molecule has 15 heteroatoms. The van der Waals surface area contributed by atoms with E-state index in [0.717, 1.165) is 0 Å². The van der Waals surface area contributed by atoms with E-state index in [1.807, 2.05) is 0 Å². The second kappa shape index (κ2) is 12.5. The fraction of sp³-hybridized carbons (Fsp3) is 0.433. The number of carbonyl (C=O) groups excluding carboxylic acids is 2. The molecule has 4 heterocycles. The predicted octanol–water partition coefficient (Wildman–Crippen LogP) is 5.23. The summed E-state index contributed by atoms with van der Waals surface area (Å²) in [6, 6.07) is 6.13. The highest BCUT2D eigenvalue weighted by Gasteiger charge is 2.47. The summed E-state index contributed by atoms with van der Waals surface area (Å²) in [5.74, 6) is -1.05. The van der Waals surface area contributed by atoms with Gasteiger partial charge in [-0.25, -0.2) is 14.2 Å². The van der Waals surface area contributed by atoms with Crippen LogP contribution in [0.3, 0.4) is 0 Å². The average molecular weight is 633 g/mol. The first-order valence-electron chi connectivity index (χ1n) is 14.2. The molecule has 1 fully saturated rings. The number of hydrogen-bond acceptors (Lipinski definition) is 9. The summed E-state index contributed by atoms with van der Waals surface area (Å²) in [6.07, 6.45) is -3.65. The monoisotopic (exact) mass is 632 g/mol. The highest BCUT2D eigenvalue weighted by molar-refractivity contribution is 5.82. The van der Waals surface area contributed by atoms with Gasteiger partial charge < -0.3 is 19.5 Å². The number of nitrogens with zero attached hydrogens (tertiary/aromatic N) is 5. The zero-order chi connectivity index (χ0) is 32.5. The van der Waals surface area contributed by atoms with E-state index in [1.54, 1.807) is 32.9 Å². The fourth-order valence-electron chi connectivity index (χ4n) is 5.16. The highest BCUT2D eigenvalue weighted by atomic mass is 19.4. The van der Waals surface area contributed by atoms with E-state index >= 15 is 0 Å². The van der Waals surface area contributed by atoms with E-state index in [4.69, 9.17) is 14.2 Å². The summed E-state index contributed by atoms with van der Waals surface area (Å²) in [7, 11) is 0. The van der Waals surface area contributed by atoms with Crippen LogP contribution in [0, 0.1) is 5.82 Å². The number of nitrogens with one attached hydrogen (secondary N) is 1. The number of halogens is 4. The fourth-order valence-corrected chi connectivity index (χ4v) is 5.16. The molecule has 3 aromatic heterocycles. The van der Waals surface area contributed by atoms with Crippen molar-refractivity contribution in [2.24, 2.45) is 0 Å². The molecular formula is C30H32F4N6O5. The normalized spacial score (nSPS) is 16.6. The summed E-state index contributed by atoms with van der Waals surface area (Å²) < 4.78 is 75.1. The predicted molar refractivity (Wildman–Crippen MR) is 154 cm³/mol. The largest absolute Gasteiger partial charge is 0.487 e. The molecule has 1 aliphatic heterocycles. The summed E-state index contributed by atoms with van der Waals surface area (Å²) >= 11 is 0. The van der Waals surface area contributed by atoms with Crippen molar-refractivity contribution in [3.8, 4) is 17.3 Å². The minimum absolute atomic E-state index is 0.0233. The van der Waals surface area contributed by atoms with Crippen LogP contribution in [0.15, 0.2) is 42.6 Å². The number of alkyl halides is 3. The van der Waals surface area contributed by atoms with Gasteiger partial charge in [0.15, 0.2) is 23.0 Å². The van der Waals surface area contributed by atoms with Crippen molar-refractivity contribution in [2.45, 2.75) is 58.0 Å². The third kappa shape index (κ3) is 7.59. The smallest absolute Gasteiger partial charge is 0.408 e. The number of fused-ring (bicyclic) bond motifs is 2. The van der Waals surface area contributed by atoms with Gasteiger partial charge in [-0.15, -0.1) is 10.2 Å². The number of alkyl carbamates (subject to hydrolysis) is 1. The zero-order valence-electron chi connectivity index (χ0n) is 25.0. The Morgan fingerprint density at radius 1 is 1.09 bits per heavy atom. The van der Waals surface area contributed by atoms with Crippen molar-refractivity contribution >= 4 is 28.6 Å². The van der Waals surface area contributed by atoms with Crippen molar-refractivity contribution < 1.29 is 41.4 Å². The molecule has 1 saturated heterocycles. The Bertz CT molecular complexity index is 1720. The van der Waals surface area contributed by atoms with Gasteiger partial charge in [-0.3, -0.25) is 14.1 Å². The van der Waals surface area contributed by atoms with Crippen LogP contribution in [-0.4, -0.2) is 80.7 Å². The molecule has 1 aliphatic rings. The van der Waals surface area contributed by atoms with Gasteiger partial charge >= 0.3 is 18.2 Å². The number of likely N-dealkylation sites (tertiary alicyclic amines) is 1. The Labute approximate surface area is 255 Å². The lowest BCUT2D eigenvalue weighted by molar-refractivity contribution is -0.184. The van der Waals surface area contributed by atoms with Gasteiger partial charge in [-0.2, -0.15) is 13.2 Å². The van der Waals surface area contributed by atoms with E-state index in [-0.39, 0.29) is 49.1 Å². The van der Waals surface area contributed by atoms with Crippen molar-refractivity contribution in [3.05, 3.63) is 54.0 Å². The molecule has 0 aliphatic carbocycles. The molecule has 5 rings (SSSR count). The molecule has 1 aromatic carbocycles. The molecule has 240 valence electrons. The lowest BCUT2D eigenvalue weighted by Gasteiger charge is -2.30. The van der Waals surface area contributed by atoms with Crippen LogP contribution in [-0.2, 0) is 14.3 Å². The standard InChI is InChI=1S/C30H32F4N6O5/c1-17(41)43-11-12-44-24-14-23-18(13-21(24)31)5-7-22(36-23)27-38-37-25-8-6-19(15-40(25)27)26(30(32,33)34)39-10-9-20(16-39)35-28(42)45-29(2,3)4/h5-8,13-15,20,26H,9-12,16H2,1-4H3,(H,35,42)/t20?,26-/m1/s1. The van der Waals surface area contributed by atoms with E-state index < -0.39 is 41.7 Å². The topological polar surface area (TPSA) is 120 Å². The summed E-state index contributed by atoms with van der Waals surface area (Å²) in [5, 5.41) is 11.4. The van der Waals surface area contributed by atoms with E-state index in [1.165, 1.54) is 46.7 Å². The molecule has 0 spiro atoms. The Morgan fingerprint density at radius 3 is 2.58 bits per heavy atom. The zero-order valence-corrected chi connectivity index (χ0v) is 25.0. The lowest BCUT2D eigenvalue weighted by Crippen LogP contribution is -2.42. The van der Waals surface area contributed by atoms with E-state index in [9.17, 15) is 27.2 Å². The molecule has 2 atom stereocenters. The van der Waals surface area contributed by atoms with Crippen LogP contribution in [0.2, 0.25) is 0 Å². The van der Waals surface area contributed by atoms with Crippen LogP contribution in [0.1, 0.15) is 45.7 Å². The summed E-state index contributed by atoms with van der Waals surface area (Å²) in [6.45, 7) is 6.31. The first-order valence-corrected chi connectivity index (χ1v) is 14.2. The molecule has 0 bridgehead atoms. The van der Waals surface area contributed by atoms with Crippen molar-refractivity contribution in [1.29, 1.82) is 0 Å². The quantitative estimate of drug-likeness (QED) is 0.158. The van der Waals surface area contributed by atoms with Crippen LogP contribution >= 0.6 is 0 Å². The SMILES string of the molecule is CC(=O)OCCOc1cc2nc(-c3nnc4ccc([C@@H](N5CCC(NC(=O)OC(C)(C)C)C5)C(F)(F)F)cn34)ccc2cc1F. The van der Waals surface area contributed by atoms with E-state index in [0.29, 0.717) is 23.0 Å². The second-order valence-corrected chi connectivity index (χ2v) is 11.6. The summed E-state index contributed by atoms with van der Waals surface area (Å²) in [5.41, 5.74) is 0.159. The van der Waals surface area contributed by atoms with Gasteiger partial charge in [0, 0.05) is 43.7 Å². The number of hydrogen-bond donors (Lipinski definition) is 1. The van der Waals surface area contributed by atoms with Crippen LogP contribution in [0.4, 0.5) is 22.4 Å². The number of carbonyl (C=O) groups is 2. The van der Waals surface area contributed by atoms with Gasteiger partial charge in [0.05, 0.1) is 5.52 Å². The molecule has 0 saturated carbocycles. The molecule has 4 aromatic rings. The maximum atomic E-state index is 14.6. The minimum Gasteiger partial charge on any atom is -0.487 e. The third-order valence-corrected chi connectivity index (χ3v) is 6.97. The average Bonchev–Trinajstić information content (AvgIpc) is 3.56. The Morgan fingerprint density at radius 2 is 1.87 bits per heavy atom. The number of esters is 1. The Balaban J connectivity index is 1.41. The third-order valence-electron chi connectivity index (χ3n) is 6.97. The maximum Gasteiger partial charge on any atom is 0.408 e.